The van der Waals surface area contributed by atoms with Gasteiger partial charge in [-0.2, -0.15) is 5.10 Å². The maximum atomic E-state index is 15.2. The molecule has 1 aliphatic rings. The van der Waals surface area contributed by atoms with E-state index < -0.39 is 16.1 Å². The molecule has 7 nitrogen and oxygen atoms in total. The van der Waals surface area contributed by atoms with Crippen molar-refractivity contribution in [2.45, 2.75) is 12.5 Å². The first kappa shape index (κ1) is 25.9. The highest BCUT2D eigenvalue weighted by Crippen LogP contribution is 2.39. The van der Waals surface area contributed by atoms with E-state index in [1.165, 1.54) is 6.07 Å². The summed E-state index contributed by atoms with van der Waals surface area (Å²) < 4.78 is 41.9. The molecule has 200 valence electrons. The number of fused-ring (bicyclic) bond motifs is 1. The van der Waals surface area contributed by atoms with Crippen LogP contribution in [0.15, 0.2) is 102 Å². The molecule has 1 atom stereocenters. The van der Waals surface area contributed by atoms with E-state index in [0.717, 1.165) is 17.2 Å². The minimum atomic E-state index is -3.55. The van der Waals surface area contributed by atoms with Crippen molar-refractivity contribution >= 4 is 49.9 Å². The number of sulfonamides is 1. The van der Waals surface area contributed by atoms with Crippen LogP contribution in [0.25, 0.3) is 22.2 Å². The number of aromatic nitrogens is 2. The van der Waals surface area contributed by atoms with Gasteiger partial charge in [-0.25, -0.2) is 27.8 Å². The van der Waals surface area contributed by atoms with Gasteiger partial charge in [-0.3, -0.25) is 4.72 Å². The lowest BCUT2D eigenvalue weighted by molar-refractivity contribution is 0.576. The topological polar surface area (TPSA) is 87.5 Å². The molecular formula is C30H23ClFN5O2S. The lowest BCUT2D eigenvalue weighted by Crippen LogP contribution is -2.22. The van der Waals surface area contributed by atoms with E-state index in [1.54, 1.807) is 53.5 Å². The summed E-state index contributed by atoms with van der Waals surface area (Å²) in [4.78, 5) is 9.74. The summed E-state index contributed by atoms with van der Waals surface area (Å²) in [7, 11) is -3.55. The van der Waals surface area contributed by atoms with Gasteiger partial charge in [0.1, 0.15) is 5.82 Å². The smallest absolute Gasteiger partial charge is 0.247 e. The summed E-state index contributed by atoms with van der Waals surface area (Å²) in [6.45, 7) is 0. The molecule has 4 aromatic carbocycles. The molecule has 2 heterocycles. The Morgan fingerprint density at radius 3 is 2.42 bits per heavy atom. The van der Waals surface area contributed by atoms with E-state index in [9.17, 15) is 8.42 Å². The quantitative estimate of drug-likeness (QED) is 0.242. The minimum Gasteiger partial charge on any atom is -0.283 e. The third-order valence-electron chi connectivity index (χ3n) is 6.61. The standard InChI is InChI=1S/C30H23ClFN5O2S/c1-40(38,39)36-26-14-8-6-12-22(26)27-18-28(21-11-5-7-13-24(21)32)37(35-27)30-33-25-16-15-20(31)17-23(25)29(34-30)19-9-3-2-4-10-19/h2-17,28,36H,18H2,1H3. The molecule has 1 aromatic heterocycles. The van der Waals surface area contributed by atoms with E-state index in [0.29, 0.717) is 45.2 Å². The lowest BCUT2D eigenvalue weighted by Gasteiger charge is -2.23. The van der Waals surface area contributed by atoms with Gasteiger partial charge >= 0.3 is 0 Å². The average molecular weight is 572 g/mol. The van der Waals surface area contributed by atoms with Crippen LogP contribution in [-0.4, -0.2) is 30.4 Å². The number of benzene rings is 4. The Kier molecular flexibility index (Phi) is 6.69. The zero-order valence-corrected chi connectivity index (χ0v) is 22.9. The predicted molar refractivity (Wildman–Crippen MR) is 158 cm³/mol. The van der Waals surface area contributed by atoms with Gasteiger partial charge in [0.25, 0.3) is 0 Å². The average Bonchev–Trinajstić information content (AvgIpc) is 3.38. The maximum absolute atomic E-state index is 15.2. The molecule has 1 N–H and O–H groups in total. The third kappa shape index (κ3) is 5.13. The zero-order valence-electron chi connectivity index (χ0n) is 21.3. The molecule has 0 fully saturated rings. The zero-order chi connectivity index (χ0) is 27.9. The molecule has 1 unspecified atom stereocenters. The molecule has 5 aromatic rings. The molecule has 0 amide bonds. The Morgan fingerprint density at radius 2 is 1.65 bits per heavy atom. The Hall–Kier alpha value is -4.34. The number of hydrogen-bond donors (Lipinski definition) is 1. The number of nitrogens with one attached hydrogen (secondary N) is 1. The fourth-order valence-corrected chi connectivity index (χ4v) is 5.63. The van der Waals surface area contributed by atoms with Gasteiger partial charge in [0.15, 0.2) is 0 Å². The molecule has 0 bridgehead atoms. The van der Waals surface area contributed by atoms with Gasteiger partial charge in [-0.15, -0.1) is 0 Å². The number of rotatable bonds is 6. The first-order valence-corrected chi connectivity index (χ1v) is 14.7. The van der Waals surface area contributed by atoms with E-state index in [2.05, 4.69) is 4.72 Å². The van der Waals surface area contributed by atoms with Crippen molar-refractivity contribution < 1.29 is 12.8 Å². The molecule has 1 aliphatic heterocycles. The molecule has 10 heteroatoms. The highest BCUT2D eigenvalue weighted by atomic mass is 35.5. The Labute approximate surface area is 236 Å². The number of hydrogen-bond acceptors (Lipinski definition) is 6. The van der Waals surface area contributed by atoms with Crippen LogP contribution in [0.5, 0.6) is 0 Å². The molecule has 0 saturated heterocycles. The first-order valence-electron chi connectivity index (χ1n) is 12.5. The van der Waals surface area contributed by atoms with Crippen molar-refractivity contribution in [1.82, 2.24) is 9.97 Å². The molecule has 0 radical (unpaired) electrons. The molecule has 0 saturated carbocycles. The Morgan fingerprint density at radius 1 is 0.925 bits per heavy atom. The van der Waals surface area contributed by atoms with Crippen LogP contribution in [-0.2, 0) is 10.0 Å². The van der Waals surface area contributed by atoms with Crippen LogP contribution in [0.4, 0.5) is 16.0 Å². The number of nitrogens with zero attached hydrogens (tertiary/aromatic N) is 4. The van der Waals surface area contributed by atoms with Crippen LogP contribution in [0.1, 0.15) is 23.6 Å². The fraction of sp³-hybridized carbons (Fsp3) is 0.100. The number of para-hydroxylation sites is 1. The Bertz CT molecular complexity index is 1880. The third-order valence-corrected chi connectivity index (χ3v) is 7.43. The van der Waals surface area contributed by atoms with E-state index in [-0.39, 0.29) is 11.8 Å². The largest absolute Gasteiger partial charge is 0.283 e. The molecule has 6 rings (SSSR count). The van der Waals surface area contributed by atoms with Crippen LogP contribution in [0.3, 0.4) is 0 Å². The Balaban J connectivity index is 1.55. The first-order chi connectivity index (χ1) is 19.3. The summed E-state index contributed by atoms with van der Waals surface area (Å²) in [6, 6.07) is 28.0. The van der Waals surface area contributed by atoms with E-state index in [4.69, 9.17) is 26.7 Å². The summed E-state index contributed by atoms with van der Waals surface area (Å²) in [5, 5.41) is 7.82. The van der Waals surface area contributed by atoms with Gasteiger partial charge in [0.05, 0.1) is 34.9 Å². The van der Waals surface area contributed by atoms with Crippen molar-refractivity contribution in [2.24, 2.45) is 5.10 Å². The van der Waals surface area contributed by atoms with Crippen molar-refractivity contribution in [2.75, 3.05) is 16.0 Å². The predicted octanol–water partition coefficient (Wildman–Crippen LogP) is 6.82. The normalized spacial score (nSPS) is 15.3. The second-order valence-electron chi connectivity index (χ2n) is 9.45. The monoisotopic (exact) mass is 571 g/mol. The molecule has 0 aliphatic carbocycles. The van der Waals surface area contributed by atoms with Gasteiger partial charge in [0.2, 0.25) is 16.0 Å². The summed E-state index contributed by atoms with van der Waals surface area (Å²) >= 11 is 6.33. The fourth-order valence-electron chi connectivity index (χ4n) is 4.88. The highest BCUT2D eigenvalue weighted by molar-refractivity contribution is 7.92. The number of halogens is 2. The van der Waals surface area contributed by atoms with Crippen LogP contribution >= 0.6 is 11.6 Å². The van der Waals surface area contributed by atoms with E-state index in [1.807, 2.05) is 42.5 Å². The van der Waals surface area contributed by atoms with Crippen LogP contribution in [0.2, 0.25) is 5.02 Å². The summed E-state index contributed by atoms with van der Waals surface area (Å²) in [6.07, 6.45) is 1.39. The van der Waals surface area contributed by atoms with Gasteiger partial charge in [0, 0.05) is 33.5 Å². The van der Waals surface area contributed by atoms with E-state index >= 15 is 4.39 Å². The van der Waals surface area contributed by atoms with Crippen molar-refractivity contribution in [1.29, 1.82) is 0 Å². The molecule has 40 heavy (non-hydrogen) atoms. The maximum Gasteiger partial charge on any atom is 0.247 e. The second kappa shape index (κ2) is 10.3. The molecule has 0 spiro atoms. The van der Waals surface area contributed by atoms with Crippen molar-refractivity contribution in [3.05, 3.63) is 119 Å². The summed E-state index contributed by atoms with van der Waals surface area (Å²) in [5.74, 6) is -0.0992. The number of hydrazone groups is 1. The van der Waals surface area contributed by atoms with Crippen molar-refractivity contribution in [3.63, 3.8) is 0 Å². The summed E-state index contributed by atoms with van der Waals surface area (Å²) in [5.41, 5.74) is 4.16. The van der Waals surface area contributed by atoms with Gasteiger partial charge < -0.3 is 0 Å². The van der Waals surface area contributed by atoms with Gasteiger partial charge in [-0.1, -0.05) is 78.3 Å². The SMILES string of the molecule is CS(=O)(=O)Nc1ccccc1C1=NN(c2nc(-c3ccccc3)c3cc(Cl)ccc3n2)C(c2ccccc2F)C1. The number of anilines is 2. The van der Waals surface area contributed by atoms with Gasteiger partial charge in [-0.05, 0) is 30.3 Å². The van der Waals surface area contributed by atoms with Crippen LogP contribution in [0, 0.1) is 5.82 Å². The van der Waals surface area contributed by atoms with Crippen molar-refractivity contribution in [3.8, 4) is 11.3 Å². The second-order valence-corrected chi connectivity index (χ2v) is 11.6. The lowest BCUT2D eigenvalue weighted by atomic mass is 9.97. The van der Waals surface area contributed by atoms with Crippen LogP contribution < -0.4 is 9.73 Å². The highest BCUT2D eigenvalue weighted by Gasteiger charge is 2.34. The minimum absolute atomic E-state index is 0.283. The molecular weight excluding hydrogens is 549 g/mol.